The van der Waals surface area contributed by atoms with Gasteiger partial charge in [-0.2, -0.15) is 0 Å². The summed E-state index contributed by atoms with van der Waals surface area (Å²) in [5.74, 6) is -0.338. The van der Waals surface area contributed by atoms with Crippen molar-refractivity contribution in [1.82, 2.24) is 10.9 Å². The monoisotopic (exact) mass is 393 g/mol. The van der Waals surface area contributed by atoms with Gasteiger partial charge in [0.25, 0.3) is 17.7 Å². The average molecular weight is 393 g/mol. The van der Waals surface area contributed by atoms with Gasteiger partial charge in [0.2, 0.25) is 6.79 Å². The van der Waals surface area contributed by atoms with E-state index in [9.17, 15) is 14.4 Å². The molecular weight excluding hydrogens is 378 g/mol. The minimum Gasteiger partial charge on any atom is -0.459 e. The number of rotatable bonds is 4. The number of furan rings is 1. The van der Waals surface area contributed by atoms with Gasteiger partial charge in [-0.3, -0.25) is 25.2 Å². The molecule has 0 bridgehead atoms. The van der Waals surface area contributed by atoms with Gasteiger partial charge in [0.1, 0.15) is 0 Å². The minimum atomic E-state index is -0.548. The van der Waals surface area contributed by atoms with E-state index in [2.05, 4.69) is 16.2 Å². The second-order valence-corrected chi connectivity index (χ2v) is 5.99. The van der Waals surface area contributed by atoms with Crippen LogP contribution in [0, 0.1) is 0 Å². The number of nitrogens with one attached hydrogen (secondary N) is 3. The van der Waals surface area contributed by atoms with E-state index in [1.165, 1.54) is 24.5 Å². The van der Waals surface area contributed by atoms with Gasteiger partial charge in [0.15, 0.2) is 17.3 Å². The van der Waals surface area contributed by atoms with Crippen LogP contribution in [0.3, 0.4) is 0 Å². The number of hydrogen-bond donors (Lipinski definition) is 3. The van der Waals surface area contributed by atoms with Crippen LogP contribution < -0.4 is 25.6 Å². The van der Waals surface area contributed by atoms with Crippen molar-refractivity contribution in [2.45, 2.75) is 0 Å². The van der Waals surface area contributed by atoms with Crippen LogP contribution in [0.1, 0.15) is 31.3 Å². The summed E-state index contributed by atoms with van der Waals surface area (Å²) in [4.78, 5) is 36.6. The molecule has 29 heavy (non-hydrogen) atoms. The van der Waals surface area contributed by atoms with E-state index < -0.39 is 17.7 Å². The van der Waals surface area contributed by atoms with Gasteiger partial charge in [-0.25, -0.2) is 0 Å². The van der Waals surface area contributed by atoms with Crippen molar-refractivity contribution in [1.29, 1.82) is 0 Å². The zero-order valence-corrected chi connectivity index (χ0v) is 14.9. The highest BCUT2D eigenvalue weighted by molar-refractivity contribution is 6.04. The highest BCUT2D eigenvalue weighted by Crippen LogP contribution is 2.32. The Morgan fingerprint density at radius 3 is 2.28 bits per heavy atom. The molecule has 0 saturated carbocycles. The van der Waals surface area contributed by atoms with Crippen LogP contribution in [0.25, 0.3) is 0 Å². The topological polar surface area (TPSA) is 119 Å². The lowest BCUT2D eigenvalue weighted by Gasteiger charge is -2.09. The Balaban J connectivity index is 1.37. The molecule has 1 aliphatic heterocycles. The molecule has 9 nitrogen and oxygen atoms in total. The van der Waals surface area contributed by atoms with Crippen LogP contribution in [0.15, 0.2) is 65.3 Å². The fourth-order valence-electron chi connectivity index (χ4n) is 2.63. The maximum absolute atomic E-state index is 12.3. The molecule has 3 N–H and O–H groups in total. The van der Waals surface area contributed by atoms with Gasteiger partial charge in [0, 0.05) is 16.8 Å². The Morgan fingerprint density at radius 1 is 0.759 bits per heavy atom. The van der Waals surface area contributed by atoms with Gasteiger partial charge in [-0.1, -0.05) is 6.07 Å². The Morgan fingerprint density at radius 2 is 1.52 bits per heavy atom. The van der Waals surface area contributed by atoms with E-state index in [0.717, 1.165) is 0 Å². The Kier molecular flexibility index (Phi) is 4.85. The Hall–Kier alpha value is -4.27. The van der Waals surface area contributed by atoms with Crippen molar-refractivity contribution >= 4 is 23.4 Å². The first kappa shape index (κ1) is 18.1. The van der Waals surface area contributed by atoms with Gasteiger partial charge >= 0.3 is 0 Å². The lowest BCUT2D eigenvalue weighted by atomic mass is 10.2. The molecular formula is C20H15N3O6. The van der Waals surface area contributed by atoms with Crippen molar-refractivity contribution < 1.29 is 28.3 Å². The number of ether oxygens (including phenoxy) is 2. The van der Waals surface area contributed by atoms with Crippen molar-refractivity contribution in [3.63, 3.8) is 0 Å². The molecule has 9 heteroatoms. The number of hydrazine groups is 1. The van der Waals surface area contributed by atoms with Crippen LogP contribution in [0.2, 0.25) is 0 Å². The largest absolute Gasteiger partial charge is 0.459 e. The molecule has 4 rings (SSSR count). The van der Waals surface area contributed by atoms with Gasteiger partial charge < -0.3 is 19.2 Å². The SMILES string of the molecule is O=C(NNC(=O)c1ccc2c(c1)OCO2)c1cccc(NC(=O)c2ccco2)c1. The first-order valence-electron chi connectivity index (χ1n) is 8.55. The maximum Gasteiger partial charge on any atom is 0.291 e. The van der Waals surface area contributed by atoms with Crippen molar-refractivity contribution in [2.24, 2.45) is 0 Å². The number of amides is 3. The third-order valence-electron chi connectivity index (χ3n) is 4.05. The number of benzene rings is 2. The standard InChI is InChI=1S/C20H15N3O6/c24-18(22-23-19(25)13-6-7-15-17(10-13)29-11-28-15)12-3-1-4-14(9-12)21-20(26)16-5-2-8-27-16/h1-10H,11H2,(H,21,26)(H,22,24)(H,23,25). The molecule has 2 heterocycles. The van der Waals surface area contributed by atoms with Crippen LogP contribution in [-0.4, -0.2) is 24.5 Å². The zero-order valence-electron chi connectivity index (χ0n) is 14.9. The van der Waals surface area contributed by atoms with E-state index in [-0.39, 0.29) is 18.1 Å². The summed E-state index contributed by atoms with van der Waals surface area (Å²) in [6.07, 6.45) is 1.39. The smallest absolute Gasteiger partial charge is 0.291 e. The molecule has 1 aliphatic rings. The van der Waals surface area contributed by atoms with Crippen molar-refractivity contribution in [2.75, 3.05) is 12.1 Å². The minimum absolute atomic E-state index is 0.101. The quantitative estimate of drug-likeness (QED) is 0.586. The molecule has 0 atom stereocenters. The first-order chi connectivity index (χ1) is 14.1. The highest BCUT2D eigenvalue weighted by Gasteiger charge is 2.17. The summed E-state index contributed by atoms with van der Waals surface area (Å²) >= 11 is 0. The summed E-state index contributed by atoms with van der Waals surface area (Å²) in [7, 11) is 0. The molecule has 0 fully saturated rings. The van der Waals surface area contributed by atoms with E-state index in [0.29, 0.717) is 22.7 Å². The second kappa shape index (κ2) is 7.77. The Labute approximate surface area is 164 Å². The van der Waals surface area contributed by atoms with Crippen LogP contribution in [-0.2, 0) is 0 Å². The second-order valence-electron chi connectivity index (χ2n) is 5.99. The van der Waals surface area contributed by atoms with E-state index in [1.54, 1.807) is 36.4 Å². The van der Waals surface area contributed by atoms with Gasteiger partial charge in [0.05, 0.1) is 6.26 Å². The molecule has 146 valence electrons. The third kappa shape index (κ3) is 4.03. The van der Waals surface area contributed by atoms with Crippen LogP contribution in [0.4, 0.5) is 5.69 Å². The summed E-state index contributed by atoms with van der Waals surface area (Å²) < 4.78 is 15.4. The van der Waals surface area contributed by atoms with Crippen LogP contribution in [0.5, 0.6) is 11.5 Å². The van der Waals surface area contributed by atoms with E-state index in [4.69, 9.17) is 13.9 Å². The highest BCUT2D eigenvalue weighted by atomic mass is 16.7. The lowest BCUT2D eigenvalue weighted by Crippen LogP contribution is -2.41. The number of anilines is 1. The molecule has 1 aromatic heterocycles. The van der Waals surface area contributed by atoms with Gasteiger partial charge in [-0.15, -0.1) is 0 Å². The summed E-state index contributed by atoms with van der Waals surface area (Å²) in [5, 5.41) is 2.63. The molecule has 0 radical (unpaired) electrons. The summed E-state index contributed by atoms with van der Waals surface area (Å²) in [5.41, 5.74) is 5.61. The normalized spacial score (nSPS) is 11.6. The molecule has 0 unspecified atom stereocenters. The van der Waals surface area contributed by atoms with Crippen molar-refractivity contribution in [3.8, 4) is 11.5 Å². The summed E-state index contributed by atoms with van der Waals surface area (Å²) in [6.45, 7) is 0.101. The van der Waals surface area contributed by atoms with E-state index in [1.807, 2.05) is 0 Å². The molecule has 3 aromatic rings. The fraction of sp³-hybridized carbons (Fsp3) is 0.0500. The number of hydrogen-bond acceptors (Lipinski definition) is 6. The number of carbonyl (C=O) groups excluding carboxylic acids is 3. The average Bonchev–Trinajstić information content (AvgIpc) is 3.43. The molecule has 2 aromatic carbocycles. The van der Waals surface area contributed by atoms with Gasteiger partial charge in [-0.05, 0) is 48.5 Å². The lowest BCUT2D eigenvalue weighted by molar-refractivity contribution is 0.0846. The number of fused-ring (bicyclic) bond motifs is 1. The maximum atomic E-state index is 12.3. The Bertz CT molecular complexity index is 1080. The van der Waals surface area contributed by atoms with Crippen molar-refractivity contribution in [3.05, 3.63) is 77.7 Å². The molecule has 0 aliphatic carbocycles. The molecule has 0 spiro atoms. The predicted molar refractivity (Wildman–Crippen MR) is 101 cm³/mol. The third-order valence-corrected chi connectivity index (χ3v) is 4.05. The van der Waals surface area contributed by atoms with Crippen LogP contribution >= 0.6 is 0 Å². The predicted octanol–water partition coefficient (Wildman–Crippen LogP) is 2.34. The first-order valence-corrected chi connectivity index (χ1v) is 8.55. The summed E-state index contributed by atoms with van der Waals surface area (Å²) in [6, 6.07) is 14.1. The van der Waals surface area contributed by atoms with E-state index >= 15 is 0 Å². The number of carbonyl (C=O) groups is 3. The molecule has 3 amide bonds. The molecule has 0 saturated heterocycles. The zero-order chi connectivity index (χ0) is 20.2. The fourth-order valence-corrected chi connectivity index (χ4v) is 2.63.